The fourth-order valence-electron chi connectivity index (χ4n) is 15.2. The summed E-state index contributed by atoms with van der Waals surface area (Å²) in [4.78, 5) is 13.5. The van der Waals surface area contributed by atoms with Gasteiger partial charge in [-0.05, 0) is 51.4 Å². The quantitative estimate of drug-likeness (QED) is 0.0199. The molecule has 3 fully saturated rings. The average molecular weight is 1510 g/mol. The number of amides is 1. The van der Waals surface area contributed by atoms with E-state index in [-0.39, 0.29) is 18.9 Å². The van der Waals surface area contributed by atoms with Crippen LogP contribution in [0.4, 0.5) is 0 Å². The van der Waals surface area contributed by atoms with Crippen molar-refractivity contribution in [1.29, 1.82) is 0 Å². The number of hydrogen-bond acceptors (Lipinski definition) is 18. The third-order valence-electron chi connectivity index (χ3n) is 22.2. The van der Waals surface area contributed by atoms with Gasteiger partial charge in [0.2, 0.25) is 5.91 Å². The van der Waals surface area contributed by atoms with Crippen molar-refractivity contribution in [2.45, 2.75) is 484 Å². The number of nitrogens with one attached hydrogen (secondary N) is 1. The molecule has 19 nitrogen and oxygen atoms in total. The molecule has 19 heteroatoms. The van der Waals surface area contributed by atoms with Gasteiger partial charge >= 0.3 is 0 Å². The van der Waals surface area contributed by atoms with E-state index in [9.17, 15) is 61.0 Å². The molecule has 1 amide bonds. The highest BCUT2D eigenvalue weighted by atomic mass is 16.8. The third-order valence-corrected chi connectivity index (χ3v) is 22.2. The fourth-order valence-corrected chi connectivity index (χ4v) is 15.2. The van der Waals surface area contributed by atoms with Crippen molar-refractivity contribution in [3.8, 4) is 0 Å². The lowest BCUT2D eigenvalue weighted by Crippen LogP contribution is -2.66. The zero-order valence-corrected chi connectivity index (χ0v) is 67.2. The summed E-state index contributed by atoms with van der Waals surface area (Å²) in [5.41, 5.74) is 0. The molecule has 3 aliphatic heterocycles. The third kappa shape index (κ3) is 46.3. The standard InChI is InChI=1S/C87H163NO18/c1-3-5-7-9-11-13-15-17-19-21-23-25-27-28-29-30-31-32-33-34-35-36-37-38-39-40-41-42-43-45-47-49-51-53-55-57-59-61-63-65-75(93)88-70(71(92)64-62-60-58-56-54-52-50-48-46-44-26-24-22-20-18-16-14-12-10-8-6-4-2)69-101-85-81(99)78(96)83(73(67-90)103-85)106-87-82(100)79(97)84(74(68-91)104-87)105-86-80(98)77(95)76(94)72(66-89)102-86/h15,17,21,23,27-28,70-74,76-87,89-92,94-100H,3-14,16,18-20,22,24-26,29-69H2,1-2H3,(H,88,93)/b17-15-,23-21-,28-27-. The van der Waals surface area contributed by atoms with Crippen molar-refractivity contribution in [2.24, 2.45) is 0 Å². The molecule has 0 aromatic rings. The van der Waals surface area contributed by atoms with Crippen LogP contribution in [0.15, 0.2) is 36.5 Å². The molecule has 0 spiro atoms. The van der Waals surface area contributed by atoms with Crippen LogP contribution in [-0.4, -0.2) is 193 Å². The minimum atomic E-state index is -1.97. The number of aliphatic hydroxyl groups is 11. The summed E-state index contributed by atoms with van der Waals surface area (Å²) in [5, 5.41) is 121. The summed E-state index contributed by atoms with van der Waals surface area (Å²) in [6, 6.07) is -0.887. The van der Waals surface area contributed by atoms with Crippen LogP contribution < -0.4 is 5.32 Å². The number of carbonyl (C=O) groups is 1. The Morgan fingerprint density at radius 2 is 0.623 bits per heavy atom. The van der Waals surface area contributed by atoms with Gasteiger partial charge in [-0.15, -0.1) is 0 Å². The molecule has 0 aromatic heterocycles. The molecular formula is C87H163NO18. The van der Waals surface area contributed by atoms with Crippen molar-refractivity contribution < 1.29 is 89.4 Å². The summed E-state index contributed by atoms with van der Waals surface area (Å²) >= 11 is 0. The summed E-state index contributed by atoms with van der Waals surface area (Å²) < 4.78 is 34.6. The highest BCUT2D eigenvalue weighted by Gasteiger charge is 2.54. The van der Waals surface area contributed by atoms with E-state index >= 15 is 0 Å². The molecule has 624 valence electrons. The minimum Gasteiger partial charge on any atom is -0.394 e. The first-order valence-corrected chi connectivity index (χ1v) is 44.2. The van der Waals surface area contributed by atoms with Gasteiger partial charge in [0.05, 0.1) is 38.6 Å². The van der Waals surface area contributed by atoms with Crippen molar-refractivity contribution >= 4 is 5.91 Å². The smallest absolute Gasteiger partial charge is 0.220 e. The SMILES string of the molecule is CCCCCCC/C=C\C/C=C\C/C=C\CCCCCCCCCCCCCCCCCCCCCCCCCCC(=O)NC(COC1OC(CO)C(OC2OC(CO)C(OC3OC(CO)C(O)C(O)C3O)C(O)C2O)C(O)C1O)C(O)CCCCCCCCCCCCCCCCCCCCCCCC. The Morgan fingerprint density at radius 3 is 0.972 bits per heavy atom. The van der Waals surface area contributed by atoms with Crippen LogP contribution in [0.25, 0.3) is 0 Å². The summed E-state index contributed by atoms with van der Waals surface area (Å²) in [7, 11) is 0. The largest absolute Gasteiger partial charge is 0.394 e. The molecule has 0 radical (unpaired) electrons. The normalized spacial score (nSPS) is 25.8. The number of aliphatic hydroxyl groups excluding tert-OH is 11. The van der Waals surface area contributed by atoms with Gasteiger partial charge in [-0.1, -0.05) is 359 Å². The lowest BCUT2D eigenvalue weighted by molar-refractivity contribution is -0.379. The molecule has 17 unspecified atom stereocenters. The second-order valence-corrected chi connectivity index (χ2v) is 31.7. The molecule has 3 aliphatic rings. The Morgan fingerprint density at radius 1 is 0.340 bits per heavy atom. The van der Waals surface area contributed by atoms with Gasteiger partial charge in [-0.25, -0.2) is 0 Å². The van der Waals surface area contributed by atoms with E-state index in [2.05, 4.69) is 55.6 Å². The van der Waals surface area contributed by atoms with Gasteiger partial charge in [-0.2, -0.15) is 0 Å². The lowest BCUT2D eigenvalue weighted by atomic mass is 9.96. The van der Waals surface area contributed by atoms with Gasteiger partial charge in [0.25, 0.3) is 0 Å². The maximum Gasteiger partial charge on any atom is 0.220 e. The Bertz CT molecular complexity index is 2050. The molecule has 17 atom stereocenters. The average Bonchev–Trinajstić information content (AvgIpc) is 0.780. The van der Waals surface area contributed by atoms with Crippen LogP contribution >= 0.6 is 0 Å². The van der Waals surface area contributed by atoms with Gasteiger partial charge in [0, 0.05) is 6.42 Å². The van der Waals surface area contributed by atoms with Crippen LogP contribution in [0.2, 0.25) is 0 Å². The number of rotatable bonds is 72. The number of hydrogen-bond donors (Lipinski definition) is 12. The molecule has 3 rings (SSSR count). The van der Waals surface area contributed by atoms with Crippen LogP contribution in [-0.2, 0) is 33.2 Å². The first-order valence-electron chi connectivity index (χ1n) is 44.2. The second kappa shape index (κ2) is 67.5. The Hall–Kier alpha value is -1.99. The minimum absolute atomic E-state index is 0.234. The zero-order chi connectivity index (χ0) is 76.7. The van der Waals surface area contributed by atoms with Gasteiger partial charge in [0.1, 0.15) is 73.2 Å². The van der Waals surface area contributed by atoms with E-state index in [1.807, 2.05) is 0 Å². The monoisotopic (exact) mass is 1510 g/mol. The first kappa shape index (κ1) is 98.2. The lowest BCUT2D eigenvalue weighted by Gasteiger charge is -2.48. The topological polar surface area (TPSA) is 307 Å². The van der Waals surface area contributed by atoms with Crippen LogP contribution in [0.3, 0.4) is 0 Å². The van der Waals surface area contributed by atoms with Crippen LogP contribution in [0, 0.1) is 0 Å². The Kier molecular flexibility index (Phi) is 62.5. The highest BCUT2D eigenvalue weighted by molar-refractivity contribution is 5.76. The Balaban J connectivity index is 1.30. The summed E-state index contributed by atoms with van der Waals surface area (Å²) in [6.45, 7) is 1.85. The van der Waals surface area contributed by atoms with E-state index in [0.717, 1.165) is 57.8 Å². The van der Waals surface area contributed by atoms with E-state index in [0.29, 0.717) is 12.8 Å². The van der Waals surface area contributed by atoms with Crippen molar-refractivity contribution in [3.05, 3.63) is 36.5 Å². The van der Waals surface area contributed by atoms with E-state index in [1.54, 1.807) is 0 Å². The molecule has 3 heterocycles. The van der Waals surface area contributed by atoms with E-state index < -0.39 is 124 Å². The van der Waals surface area contributed by atoms with Crippen molar-refractivity contribution in [1.82, 2.24) is 5.32 Å². The van der Waals surface area contributed by atoms with Crippen molar-refractivity contribution in [3.63, 3.8) is 0 Å². The fraction of sp³-hybridized carbons (Fsp3) is 0.920. The van der Waals surface area contributed by atoms with Gasteiger partial charge in [0.15, 0.2) is 18.9 Å². The van der Waals surface area contributed by atoms with Crippen molar-refractivity contribution in [2.75, 3.05) is 26.4 Å². The highest BCUT2D eigenvalue weighted by Crippen LogP contribution is 2.34. The molecule has 12 N–H and O–H groups in total. The molecule has 0 bridgehead atoms. The van der Waals surface area contributed by atoms with E-state index in [4.69, 9.17) is 28.4 Å². The predicted molar refractivity (Wildman–Crippen MR) is 425 cm³/mol. The summed E-state index contributed by atoms with van der Waals surface area (Å²) in [6.07, 6.45) is 58.3. The number of unbranched alkanes of at least 4 members (excludes halogenated alkanes) is 50. The predicted octanol–water partition coefficient (Wildman–Crippen LogP) is 16.2. The second-order valence-electron chi connectivity index (χ2n) is 31.7. The van der Waals surface area contributed by atoms with Gasteiger partial charge in [-0.3, -0.25) is 4.79 Å². The molecule has 0 aliphatic carbocycles. The molecule has 0 saturated carbocycles. The zero-order valence-electron chi connectivity index (χ0n) is 67.2. The molecule has 106 heavy (non-hydrogen) atoms. The number of allylic oxidation sites excluding steroid dienone is 6. The van der Waals surface area contributed by atoms with Gasteiger partial charge < -0.3 is 89.9 Å². The maximum atomic E-state index is 13.5. The first-order chi connectivity index (χ1) is 51.8. The molecule has 3 saturated heterocycles. The summed E-state index contributed by atoms with van der Waals surface area (Å²) in [5.74, 6) is -0.234. The van der Waals surface area contributed by atoms with Crippen LogP contribution in [0.1, 0.15) is 380 Å². The van der Waals surface area contributed by atoms with Crippen LogP contribution in [0.5, 0.6) is 0 Å². The Labute approximate surface area is 644 Å². The van der Waals surface area contributed by atoms with E-state index in [1.165, 1.54) is 289 Å². The maximum absolute atomic E-state index is 13.5. The molecular weight excluding hydrogens is 1350 g/mol. The molecule has 0 aromatic carbocycles. The number of carbonyl (C=O) groups excluding carboxylic acids is 1. The number of ether oxygens (including phenoxy) is 6.